The Bertz CT molecular complexity index is 1500. The van der Waals surface area contributed by atoms with Gasteiger partial charge in [-0.25, -0.2) is 23.9 Å². The fourth-order valence-corrected chi connectivity index (χ4v) is 4.99. The van der Waals surface area contributed by atoms with E-state index in [0.29, 0.717) is 36.8 Å². The number of halogens is 1. The van der Waals surface area contributed by atoms with Crippen LogP contribution in [-0.2, 0) is 19.5 Å². The lowest BCUT2D eigenvalue weighted by Crippen LogP contribution is -2.27. The van der Waals surface area contributed by atoms with Crippen molar-refractivity contribution in [1.29, 1.82) is 0 Å². The van der Waals surface area contributed by atoms with Crippen LogP contribution in [0.2, 0.25) is 0 Å². The summed E-state index contributed by atoms with van der Waals surface area (Å²) < 4.78 is 22.6. The van der Waals surface area contributed by atoms with E-state index in [0.717, 1.165) is 23.6 Å². The molecule has 3 aromatic heterocycles. The largest absolute Gasteiger partial charge is 0.457 e. The van der Waals surface area contributed by atoms with E-state index in [1.165, 1.54) is 17.7 Å². The smallest absolute Gasteiger partial charge is 0.343 e. The molecule has 0 saturated heterocycles. The van der Waals surface area contributed by atoms with Crippen molar-refractivity contribution in [2.75, 3.05) is 0 Å². The van der Waals surface area contributed by atoms with Crippen LogP contribution in [0.15, 0.2) is 70.2 Å². The van der Waals surface area contributed by atoms with E-state index in [9.17, 15) is 9.18 Å². The molecule has 4 heterocycles. The second-order valence-corrected chi connectivity index (χ2v) is 9.23. The lowest BCUT2D eigenvalue weighted by molar-refractivity contribution is 0.428. The number of ether oxygens (including phenoxy) is 1. The molecule has 0 saturated carbocycles. The van der Waals surface area contributed by atoms with Gasteiger partial charge in [-0.3, -0.25) is 4.57 Å². The summed E-state index contributed by atoms with van der Waals surface area (Å²) in [7, 11) is 0. The molecule has 10 heteroatoms. The first kappa shape index (κ1) is 21.5. The molecule has 0 aliphatic carbocycles. The fourth-order valence-electron chi connectivity index (χ4n) is 4.33. The first-order valence-electron chi connectivity index (χ1n) is 11.3. The molecule has 35 heavy (non-hydrogen) atoms. The van der Waals surface area contributed by atoms with Crippen molar-refractivity contribution >= 4 is 11.3 Å². The molecule has 1 aliphatic heterocycles. The molecule has 2 aromatic carbocycles. The maximum absolute atomic E-state index is 13.1. The summed E-state index contributed by atoms with van der Waals surface area (Å²) in [5, 5.41) is 15.7. The Hall–Kier alpha value is -4.05. The minimum absolute atomic E-state index is 0.110. The number of thiophene rings is 1. The van der Waals surface area contributed by atoms with Gasteiger partial charge in [0.15, 0.2) is 5.82 Å². The zero-order valence-corrected chi connectivity index (χ0v) is 19.4. The normalized spacial score (nSPS) is 15.2. The van der Waals surface area contributed by atoms with Crippen LogP contribution in [-0.4, -0.2) is 29.5 Å². The number of fused-ring (bicyclic) bond motifs is 1. The standard InChI is InChI=1S/C25H21FN6O2S/c26-19-3-7-21(8-4-19)34-20-5-1-17(2-6-20)23-27-24(32(30-23)14-16-10-12-35-15-16)18-9-11-31-22(13-18)28-29-25(31)33/h1-8,10,12,15,18H,9,11,13-14H2,(H,29,33). The summed E-state index contributed by atoms with van der Waals surface area (Å²) in [6.07, 6.45) is 1.42. The number of hydrogen-bond acceptors (Lipinski definition) is 6. The van der Waals surface area contributed by atoms with Crippen LogP contribution < -0.4 is 10.4 Å². The zero-order chi connectivity index (χ0) is 23.8. The van der Waals surface area contributed by atoms with Gasteiger partial charge >= 0.3 is 5.69 Å². The van der Waals surface area contributed by atoms with Gasteiger partial charge in [0, 0.05) is 24.4 Å². The molecule has 0 bridgehead atoms. The zero-order valence-electron chi connectivity index (χ0n) is 18.6. The number of aromatic amines is 1. The van der Waals surface area contributed by atoms with Crippen molar-refractivity contribution in [3.05, 3.63) is 98.9 Å². The van der Waals surface area contributed by atoms with Crippen molar-refractivity contribution in [3.8, 4) is 22.9 Å². The lowest BCUT2D eigenvalue weighted by atomic mass is 9.97. The summed E-state index contributed by atoms with van der Waals surface area (Å²) >= 11 is 1.65. The maximum atomic E-state index is 13.1. The van der Waals surface area contributed by atoms with Gasteiger partial charge in [-0.2, -0.15) is 21.5 Å². The van der Waals surface area contributed by atoms with E-state index in [2.05, 4.69) is 27.0 Å². The Morgan fingerprint density at radius 2 is 1.86 bits per heavy atom. The van der Waals surface area contributed by atoms with Gasteiger partial charge in [0.1, 0.15) is 29.0 Å². The first-order chi connectivity index (χ1) is 17.1. The van der Waals surface area contributed by atoms with Gasteiger partial charge in [-0.15, -0.1) is 0 Å². The predicted octanol–water partition coefficient (Wildman–Crippen LogP) is 4.60. The highest BCUT2D eigenvalue weighted by atomic mass is 32.1. The Kier molecular flexibility index (Phi) is 5.49. The molecule has 6 rings (SSSR count). The quantitative estimate of drug-likeness (QED) is 0.377. The number of hydrogen-bond donors (Lipinski definition) is 1. The number of H-pyrrole nitrogens is 1. The summed E-state index contributed by atoms with van der Waals surface area (Å²) in [5.74, 6) is 3.28. The Balaban J connectivity index is 1.29. The summed E-state index contributed by atoms with van der Waals surface area (Å²) in [6, 6.07) is 15.5. The van der Waals surface area contributed by atoms with Crippen molar-refractivity contribution in [1.82, 2.24) is 29.5 Å². The summed E-state index contributed by atoms with van der Waals surface area (Å²) in [4.78, 5) is 16.9. The minimum atomic E-state index is -0.304. The molecule has 5 aromatic rings. The van der Waals surface area contributed by atoms with E-state index in [1.807, 2.05) is 28.9 Å². The molecule has 176 valence electrons. The Labute approximate surface area is 203 Å². The van der Waals surface area contributed by atoms with Gasteiger partial charge in [0.2, 0.25) is 0 Å². The third-order valence-corrected chi connectivity index (χ3v) is 6.84. The SMILES string of the molecule is O=c1[nH]nc2n1CCC(c1nc(-c3ccc(Oc4ccc(F)cc4)cc3)nn1Cc1ccsc1)C2. The molecule has 1 N–H and O–H groups in total. The fraction of sp³-hybridized carbons (Fsp3) is 0.200. The predicted molar refractivity (Wildman–Crippen MR) is 129 cm³/mol. The molecular formula is C25H21FN6O2S. The topological polar surface area (TPSA) is 90.6 Å². The van der Waals surface area contributed by atoms with E-state index in [1.54, 1.807) is 28.0 Å². The van der Waals surface area contributed by atoms with Gasteiger partial charge in [0.05, 0.1) is 6.54 Å². The third kappa shape index (κ3) is 4.40. The Morgan fingerprint density at radius 1 is 1.09 bits per heavy atom. The molecule has 1 unspecified atom stereocenters. The van der Waals surface area contributed by atoms with E-state index >= 15 is 0 Å². The number of nitrogens with one attached hydrogen (secondary N) is 1. The number of rotatable bonds is 6. The van der Waals surface area contributed by atoms with Gasteiger partial charge < -0.3 is 4.74 Å². The number of nitrogens with zero attached hydrogens (tertiary/aromatic N) is 5. The highest BCUT2D eigenvalue weighted by Gasteiger charge is 2.28. The number of aromatic nitrogens is 6. The maximum Gasteiger partial charge on any atom is 0.343 e. The monoisotopic (exact) mass is 488 g/mol. The highest BCUT2D eigenvalue weighted by Crippen LogP contribution is 2.30. The molecule has 0 fully saturated rings. The second kappa shape index (κ2) is 8.95. The Morgan fingerprint density at radius 3 is 2.60 bits per heavy atom. The summed E-state index contributed by atoms with van der Waals surface area (Å²) in [6.45, 7) is 1.23. The van der Waals surface area contributed by atoms with E-state index < -0.39 is 0 Å². The molecule has 1 aliphatic rings. The van der Waals surface area contributed by atoms with E-state index in [-0.39, 0.29) is 17.4 Å². The third-order valence-electron chi connectivity index (χ3n) is 6.11. The average Bonchev–Trinajstić information content (AvgIpc) is 3.62. The van der Waals surface area contributed by atoms with Crippen LogP contribution >= 0.6 is 11.3 Å². The van der Waals surface area contributed by atoms with Gasteiger partial charge in [-0.05, 0) is 77.3 Å². The van der Waals surface area contributed by atoms with Crippen LogP contribution in [0.1, 0.15) is 29.6 Å². The molecule has 0 amide bonds. The number of benzene rings is 2. The van der Waals surface area contributed by atoms with Crippen molar-refractivity contribution in [2.45, 2.75) is 31.8 Å². The van der Waals surface area contributed by atoms with Gasteiger partial charge in [0.25, 0.3) is 0 Å². The van der Waals surface area contributed by atoms with Gasteiger partial charge in [-0.1, -0.05) is 0 Å². The van der Waals surface area contributed by atoms with Crippen LogP contribution in [0, 0.1) is 5.82 Å². The molecule has 8 nitrogen and oxygen atoms in total. The second-order valence-electron chi connectivity index (χ2n) is 8.45. The molecular weight excluding hydrogens is 467 g/mol. The van der Waals surface area contributed by atoms with Crippen LogP contribution in [0.3, 0.4) is 0 Å². The highest BCUT2D eigenvalue weighted by molar-refractivity contribution is 7.07. The van der Waals surface area contributed by atoms with E-state index in [4.69, 9.17) is 14.8 Å². The van der Waals surface area contributed by atoms with Crippen LogP contribution in [0.4, 0.5) is 4.39 Å². The molecule has 0 spiro atoms. The van der Waals surface area contributed by atoms with Crippen molar-refractivity contribution < 1.29 is 9.13 Å². The minimum Gasteiger partial charge on any atom is -0.457 e. The van der Waals surface area contributed by atoms with Crippen LogP contribution in [0.5, 0.6) is 11.5 Å². The lowest BCUT2D eigenvalue weighted by Gasteiger charge is -2.21. The average molecular weight is 489 g/mol. The first-order valence-corrected chi connectivity index (χ1v) is 12.2. The van der Waals surface area contributed by atoms with Crippen molar-refractivity contribution in [3.63, 3.8) is 0 Å². The van der Waals surface area contributed by atoms with Crippen LogP contribution in [0.25, 0.3) is 11.4 Å². The van der Waals surface area contributed by atoms with Crippen molar-refractivity contribution in [2.24, 2.45) is 0 Å². The molecule has 0 radical (unpaired) electrons. The summed E-state index contributed by atoms with van der Waals surface area (Å²) in [5.41, 5.74) is 1.87. The molecule has 1 atom stereocenters.